The number of hydrogen-bond acceptors (Lipinski definition) is 4. The summed E-state index contributed by atoms with van der Waals surface area (Å²) in [6.07, 6.45) is 0.737. The number of ether oxygens (including phenoxy) is 2. The second-order valence-corrected chi connectivity index (χ2v) is 3.40. The topological polar surface area (TPSA) is 59.3 Å². The molecule has 0 atom stereocenters. The highest BCUT2D eigenvalue weighted by atomic mass is 16.5. The Kier molecular flexibility index (Phi) is 4.53. The second kappa shape index (κ2) is 5.90. The van der Waals surface area contributed by atoms with Gasteiger partial charge in [0, 0.05) is 0 Å². The van der Waals surface area contributed by atoms with Crippen molar-refractivity contribution in [1.29, 1.82) is 5.26 Å². The first-order chi connectivity index (χ1) is 8.17. The molecule has 0 fully saturated rings. The number of rotatable bonds is 4. The number of benzene rings is 1. The van der Waals surface area contributed by atoms with Crippen molar-refractivity contribution in [3.05, 3.63) is 28.8 Å². The van der Waals surface area contributed by atoms with Gasteiger partial charge in [-0.05, 0) is 31.0 Å². The number of methoxy groups -OCH3 is 1. The van der Waals surface area contributed by atoms with Crippen LogP contribution in [0.3, 0.4) is 0 Å². The van der Waals surface area contributed by atoms with E-state index in [4.69, 9.17) is 14.7 Å². The van der Waals surface area contributed by atoms with Gasteiger partial charge in [0.15, 0.2) is 0 Å². The van der Waals surface area contributed by atoms with Gasteiger partial charge in [-0.25, -0.2) is 4.79 Å². The summed E-state index contributed by atoms with van der Waals surface area (Å²) in [5.74, 6) is 0.111. The molecular weight excluding hydrogens is 218 g/mol. The van der Waals surface area contributed by atoms with Crippen LogP contribution in [0, 0.1) is 11.3 Å². The van der Waals surface area contributed by atoms with Gasteiger partial charge < -0.3 is 9.47 Å². The quantitative estimate of drug-likeness (QED) is 0.749. The van der Waals surface area contributed by atoms with Crippen molar-refractivity contribution in [2.75, 3.05) is 13.7 Å². The number of nitriles is 1. The van der Waals surface area contributed by atoms with Crippen LogP contribution in [0.25, 0.3) is 0 Å². The molecule has 0 amide bonds. The van der Waals surface area contributed by atoms with Crippen molar-refractivity contribution in [2.45, 2.75) is 20.3 Å². The van der Waals surface area contributed by atoms with E-state index in [1.165, 1.54) is 7.11 Å². The zero-order valence-corrected chi connectivity index (χ0v) is 10.2. The Morgan fingerprint density at radius 2 is 2.12 bits per heavy atom. The SMILES string of the molecule is CCOC(=O)c1cc(OC)c(CC)cc1C#N. The van der Waals surface area contributed by atoms with Crippen LogP contribution >= 0.6 is 0 Å². The van der Waals surface area contributed by atoms with E-state index >= 15 is 0 Å². The predicted octanol–water partition coefficient (Wildman–Crippen LogP) is 2.31. The monoisotopic (exact) mass is 233 g/mol. The first-order valence-electron chi connectivity index (χ1n) is 5.46. The first kappa shape index (κ1) is 13.0. The minimum absolute atomic E-state index is 0.253. The molecule has 0 radical (unpaired) electrons. The summed E-state index contributed by atoms with van der Waals surface area (Å²) >= 11 is 0. The summed E-state index contributed by atoms with van der Waals surface area (Å²) in [6.45, 7) is 3.96. The minimum Gasteiger partial charge on any atom is -0.496 e. The highest BCUT2D eigenvalue weighted by Crippen LogP contribution is 2.24. The van der Waals surface area contributed by atoms with Gasteiger partial charge in [0.2, 0.25) is 0 Å². The molecule has 17 heavy (non-hydrogen) atoms. The molecule has 4 heteroatoms. The third-order valence-corrected chi connectivity index (χ3v) is 2.42. The van der Waals surface area contributed by atoms with Crippen molar-refractivity contribution < 1.29 is 14.3 Å². The van der Waals surface area contributed by atoms with Crippen LogP contribution in [-0.2, 0) is 11.2 Å². The lowest BCUT2D eigenvalue weighted by Crippen LogP contribution is -2.08. The van der Waals surface area contributed by atoms with Gasteiger partial charge >= 0.3 is 5.97 Å². The summed E-state index contributed by atoms with van der Waals surface area (Å²) in [4.78, 5) is 11.7. The van der Waals surface area contributed by atoms with Crippen LogP contribution in [0.15, 0.2) is 12.1 Å². The van der Waals surface area contributed by atoms with Crippen LogP contribution in [-0.4, -0.2) is 19.7 Å². The number of aryl methyl sites for hydroxylation is 1. The Hall–Kier alpha value is -2.02. The molecule has 0 aliphatic carbocycles. The highest BCUT2D eigenvalue weighted by Gasteiger charge is 2.16. The molecule has 0 aromatic heterocycles. The van der Waals surface area contributed by atoms with E-state index in [-0.39, 0.29) is 12.2 Å². The van der Waals surface area contributed by atoms with E-state index in [1.807, 2.05) is 13.0 Å². The van der Waals surface area contributed by atoms with Gasteiger partial charge in [0.1, 0.15) is 11.8 Å². The van der Waals surface area contributed by atoms with E-state index in [9.17, 15) is 4.79 Å². The predicted molar refractivity (Wildman–Crippen MR) is 63.0 cm³/mol. The first-order valence-corrected chi connectivity index (χ1v) is 5.46. The Morgan fingerprint density at radius 3 is 2.59 bits per heavy atom. The van der Waals surface area contributed by atoms with E-state index in [0.717, 1.165) is 12.0 Å². The molecule has 4 nitrogen and oxygen atoms in total. The van der Waals surface area contributed by atoms with Crippen LogP contribution in [0.4, 0.5) is 0 Å². The fraction of sp³-hybridized carbons (Fsp3) is 0.385. The zero-order valence-electron chi connectivity index (χ0n) is 10.2. The lowest BCUT2D eigenvalue weighted by molar-refractivity contribution is 0.0525. The van der Waals surface area contributed by atoms with Crippen LogP contribution in [0.2, 0.25) is 0 Å². The van der Waals surface area contributed by atoms with E-state index in [2.05, 4.69) is 0 Å². The fourth-order valence-corrected chi connectivity index (χ4v) is 1.56. The van der Waals surface area contributed by atoms with Gasteiger partial charge in [-0.2, -0.15) is 5.26 Å². The molecule has 0 saturated carbocycles. The standard InChI is InChI=1S/C13H15NO3/c1-4-9-6-10(8-14)11(7-12(9)16-3)13(15)17-5-2/h6-7H,4-5H2,1-3H3. The van der Waals surface area contributed by atoms with Crippen LogP contribution < -0.4 is 4.74 Å². The molecule has 1 aromatic rings. The summed E-state index contributed by atoms with van der Waals surface area (Å²) in [5.41, 5.74) is 1.47. The molecule has 0 heterocycles. The smallest absolute Gasteiger partial charge is 0.339 e. The fourth-order valence-electron chi connectivity index (χ4n) is 1.56. The molecule has 0 aliphatic rings. The summed E-state index contributed by atoms with van der Waals surface area (Å²) < 4.78 is 10.1. The van der Waals surface area contributed by atoms with Gasteiger partial charge in [0.05, 0.1) is 24.8 Å². The Labute approximate surface area is 101 Å². The normalized spacial score (nSPS) is 9.53. The molecule has 0 saturated heterocycles. The number of carbonyl (C=O) groups is 1. The third kappa shape index (κ3) is 2.76. The molecule has 0 N–H and O–H groups in total. The van der Waals surface area contributed by atoms with Gasteiger partial charge in [0.25, 0.3) is 0 Å². The van der Waals surface area contributed by atoms with Crippen molar-refractivity contribution in [2.24, 2.45) is 0 Å². The molecule has 1 aromatic carbocycles. The number of esters is 1. The molecule has 0 bridgehead atoms. The van der Waals surface area contributed by atoms with Crippen molar-refractivity contribution in [3.8, 4) is 11.8 Å². The number of hydrogen-bond donors (Lipinski definition) is 0. The molecule has 0 spiro atoms. The van der Waals surface area contributed by atoms with Crippen molar-refractivity contribution in [3.63, 3.8) is 0 Å². The Balaban J connectivity index is 3.29. The summed E-state index contributed by atoms with van der Waals surface area (Å²) in [6, 6.07) is 5.24. The Morgan fingerprint density at radius 1 is 1.41 bits per heavy atom. The van der Waals surface area contributed by atoms with Crippen LogP contribution in [0.1, 0.15) is 35.3 Å². The molecule has 0 unspecified atom stereocenters. The maximum absolute atomic E-state index is 11.7. The van der Waals surface area contributed by atoms with Crippen molar-refractivity contribution in [1.82, 2.24) is 0 Å². The van der Waals surface area contributed by atoms with Gasteiger partial charge in [-0.1, -0.05) is 6.92 Å². The highest BCUT2D eigenvalue weighted by molar-refractivity contribution is 5.93. The third-order valence-electron chi connectivity index (χ3n) is 2.42. The van der Waals surface area contributed by atoms with Gasteiger partial charge in [-0.15, -0.1) is 0 Å². The van der Waals surface area contributed by atoms with E-state index < -0.39 is 5.97 Å². The summed E-state index contributed by atoms with van der Waals surface area (Å²) in [7, 11) is 1.54. The maximum atomic E-state index is 11.7. The van der Waals surface area contributed by atoms with E-state index in [0.29, 0.717) is 11.3 Å². The average molecular weight is 233 g/mol. The zero-order chi connectivity index (χ0) is 12.8. The summed E-state index contributed by atoms with van der Waals surface area (Å²) in [5, 5.41) is 9.02. The Bertz CT molecular complexity index is 460. The molecular formula is C13H15NO3. The largest absolute Gasteiger partial charge is 0.496 e. The lowest BCUT2D eigenvalue weighted by Gasteiger charge is -2.10. The van der Waals surface area contributed by atoms with Gasteiger partial charge in [-0.3, -0.25) is 0 Å². The molecule has 1 rings (SSSR count). The second-order valence-electron chi connectivity index (χ2n) is 3.40. The lowest BCUT2D eigenvalue weighted by atomic mass is 10.0. The number of carbonyl (C=O) groups excluding carboxylic acids is 1. The van der Waals surface area contributed by atoms with Crippen LogP contribution in [0.5, 0.6) is 5.75 Å². The number of nitrogens with zero attached hydrogens (tertiary/aromatic N) is 1. The van der Waals surface area contributed by atoms with Crippen molar-refractivity contribution >= 4 is 5.97 Å². The van der Waals surface area contributed by atoms with E-state index in [1.54, 1.807) is 19.1 Å². The maximum Gasteiger partial charge on any atom is 0.339 e. The molecule has 0 aliphatic heterocycles. The average Bonchev–Trinajstić information content (AvgIpc) is 2.37. The minimum atomic E-state index is -0.495. The molecule has 90 valence electrons.